The molecule has 0 atom stereocenters. The van der Waals surface area contributed by atoms with Gasteiger partial charge >= 0.3 is 0 Å². The molecule has 0 aliphatic heterocycles. The fraction of sp³-hybridized carbons (Fsp3) is 0.900. The molecule has 84 valence electrons. The van der Waals surface area contributed by atoms with Crippen molar-refractivity contribution in [1.29, 1.82) is 0 Å². The van der Waals surface area contributed by atoms with E-state index in [9.17, 15) is 0 Å². The van der Waals surface area contributed by atoms with Crippen molar-refractivity contribution in [2.75, 3.05) is 25.6 Å². The van der Waals surface area contributed by atoms with Crippen molar-refractivity contribution >= 4 is 17.7 Å². The second-order valence-corrected chi connectivity index (χ2v) is 4.48. The van der Waals surface area contributed by atoms with E-state index in [1.54, 1.807) is 7.05 Å². The van der Waals surface area contributed by atoms with Crippen LogP contribution in [0.25, 0.3) is 0 Å². The van der Waals surface area contributed by atoms with Crippen molar-refractivity contribution in [1.82, 2.24) is 10.6 Å². The largest absolute Gasteiger partial charge is 0.356 e. The lowest BCUT2D eigenvalue weighted by Gasteiger charge is -2.14. The number of hydrogen-bond donors (Lipinski definition) is 2. The molecule has 0 radical (unpaired) electrons. The Balaban J connectivity index is 3.44. The summed E-state index contributed by atoms with van der Waals surface area (Å²) in [4.78, 5) is 4.14. The van der Waals surface area contributed by atoms with Crippen LogP contribution in [0.2, 0.25) is 0 Å². The van der Waals surface area contributed by atoms with E-state index < -0.39 is 0 Å². The molecular weight excluding hydrogens is 194 g/mol. The Morgan fingerprint density at radius 1 is 1.36 bits per heavy atom. The van der Waals surface area contributed by atoms with Crippen LogP contribution in [-0.4, -0.2) is 37.6 Å². The average Bonchev–Trinajstić information content (AvgIpc) is 2.15. The molecule has 4 heteroatoms. The van der Waals surface area contributed by atoms with Gasteiger partial charge in [0, 0.05) is 19.6 Å². The van der Waals surface area contributed by atoms with Crippen LogP contribution >= 0.6 is 11.8 Å². The number of rotatable bonds is 6. The maximum absolute atomic E-state index is 4.14. The summed E-state index contributed by atoms with van der Waals surface area (Å²) < 4.78 is 0. The molecule has 0 aliphatic carbocycles. The Labute approximate surface area is 92.1 Å². The first-order chi connectivity index (χ1) is 6.70. The molecule has 0 saturated carbocycles. The van der Waals surface area contributed by atoms with Crippen LogP contribution in [0.4, 0.5) is 0 Å². The van der Waals surface area contributed by atoms with Crippen LogP contribution in [0, 0.1) is 0 Å². The second-order valence-electron chi connectivity index (χ2n) is 3.50. The minimum atomic E-state index is 0.437. The summed E-state index contributed by atoms with van der Waals surface area (Å²) in [6.45, 7) is 5.23. The summed E-state index contributed by atoms with van der Waals surface area (Å²) >= 11 is 1.90. The van der Waals surface area contributed by atoms with Crippen LogP contribution in [0.3, 0.4) is 0 Å². The number of hydrogen-bond acceptors (Lipinski definition) is 2. The molecule has 0 fully saturated rings. The van der Waals surface area contributed by atoms with Gasteiger partial charge in [-0.2, -0.15) is 11.8 Å². The fourth-order valence-electron chi connectivity index (χ4n) is 1.05. The third-order valence-electron chi connectivity index (χ3n) is 1.72. The highest BCUT2D eigenvalue weighted by atomic mass is 32.2. The van der Waals surface area contributed by atoms with Gasteiger partial charge in [0.1, 0.15) is 0 Å². The molecule has 0 heterocycles. The lowest BCUT2D eigenvalue weighted by atomic mass is 10.3. The van der Waals surface area contributed by atoms with Crippen LogP contribution in [0.5, 0.6) is 0 Å². The SMILES string of the molecule is CN=C(NCCCCSC)NC(C)C. The lowest BCUT2D eigenvalue weighted by Crippen LogP contribution is -2.41. The smallest absolute Gasteiger partial charge is 0.191 e. The third kappa shape index (κ3) is 8.23. The van der Waals surface area contributed by atoms with Crippen LogP contribution in [-0.2, 0) is 0 Å². The molecule has 0 unspecified atom stereocenters. The summed E-state index contributed by atoms with van der Waals surface area (Å²) in [6, 6.07) is 0.437. The molecule has 14 heavy (non-hydrogen) atoms. The van der Waals surface area contributed by atoms with Gasteiger partial charge in [0.2, 0.25) is 0 Å². The zero-order valence-corrected chi connectivity index (χ0v) is 10.6. The Morgan fingerprint density at radius 3 is 2.57 bits per heavy atom. The van der Waals surface area contributed by atoms with E-state index in [1.165, 1.54) is 18.6 Å². The minimum Gasteiger partial charge on any atom is -0.356 e. The molecule has 0 rings (SSSR count). The third-order valence-corrected chi connectivity index (χ3v) is 2.41. The molecule has 0 spiro atoms. The Hall–Kier alpha value is -0.380. The standard InChI is InChI=1S/C10H23N3S/c1-9(2)13-10(11-3)12-7-5-6-8-14-4/h9H,5-8H2,1-4H3,(H2,11,12,13). The molecule has 3 nitrogen and oxygen atoms in total. The average molecular weight is 217 g/mol. The summed E-state index contributed by atoms with van der Waals surface area (Å²) in [5, 5.41) is 6.54. The molecule has 0 aliphatic rings. The number of thioether (sulfide) groups is 1. The number of unbranched alkanes of at least 4 members (excludes halogenated alkanes) is 1. The van der Waals surface area contributed by atoms with Crippen molar-refractivity contribution in [3.05, 3.63) is 0 Å². The summed E-state index contributed by atoms with van der Waals surface area (Å²) in [5.41, 5.74) is 0. The monoisotopic (exact) mass is 217 g/mol. The van der Waals surface area contributed by atoms with Gasteiger partial charge in [0.15, 0.2) is 5.96 Å². The zero-order valence-electron chi connectivity index (χ0n) is 9.76. The maximum atomic E-state index is 4.14. The lowest BCUT2D eigenvalue weighted by molar-refractivity contribution is 0.682. The van der Waals surface area contributed by atoms with Crippen LogP contribution < -0.4 is 10.6 Å². The summed E-state index contributed by atoms with van der Waals surface area (Å²) in [7, 11) is 1.81. The normalized spacial score (nSPS) is 11.9. The molecule has 0 aromatic carbocycles. The van der Waals surface area contributed by atoms with Gasteiger partial charge in [0.25, 0.3) is 0 Å². The van der Waals surface area contributed by atoms with Crippen molar-refractivity contribution in [3.8, 4) is 0 Å². The van der Waals surface area contributed by atoms with E-state index in [0.29, 0.717) is 6.04 Å². The van der Waals surface area contributed by atoms with Gasteiger partial charge in [0.05, 0.1) is 0 Å². The van der Waals surface area contributed by atoms with E-state index in [0.717, 1.165) is 12.5 Å². The quantitative estimate of drug-likeness (QED) is 0.404. The fourth-order valence-corrected chi connectivity index (χ4v) is 1.54. The van der Waals surface area contributed by atoms with Crippen molar-refractivity contribution in [3.63, 3.8) is 0 Å². The second kappa shape index (κ2) is 9.19. The van der Waals surface area contributed by atoms with Gasteiger partial charge in [-0.05, 0) is 38.7 Å². The van der Waals surface area contributed by atoms with E-state index in [4.69, 9.17) is 0 Å². The zero-order chi connectivity index (χ0) is 10.8. The highest BCUT2D eigenvalue weighted by Crippen LogP contribution is 1.97. The summed E-state index contributed by atoms with van der Waals surface area (Å²) in [5.74, 6) is 2.15. The van der Waals surface area contributed by atoms with E-state index in [-0.39, 0.29) is 0 Å². The number of guanidine groups is 1. The molecule has 0 saturated heterocycles. The van der Waals surface area contributed by atoms with Gasteiger partial charge in [-0.1, -0.05) is 0 Å². The highest BCUT2D eigenvalue weighted by molar-refractivity contribution is 7.98. The van der Waals surface area contributed by atoms with Crippen LogP contribution in [0.1, 0.15) is 26.7 Å². The van der Waals surface area contributed by atoms with E-state index in [2.05, 4.69) is 35.7 Å². The predicted octanol–water partition coefficient (Wildman–Crippen LogP) is 1.70. The molecule has 0 amide bonds. The molecule has 2 N–H and O–H groups in total. The topological polar surface area (TPSA) is 36.4 Å². The highest BCUT2D eigenvalue weighted by Gasteiger charge is 1.98. The van der Waals surface area contributed by atoms with Gasteiger partial charge in [-0.15, -0.1) is 0 Å². The molecular formula is C10H23N3S. The maximum Gasteiger partial charge on any atom is 0.191 e. The van der Waals surface area contributed by atoms with Gasteiger partial charge in [-0.3, -0.25) is 4.99 Å². The van der Waals surface area contributed by atoms with Gasteiger partial charge in [-0.25, -0.2) is 0 Å². The Morgan fingerprint density at radius 2 is 2.07 bits per heavy atom. The minimum absolute atomic E-state index is 0.437. The number of nitrogens with zero attached hydrogens (tertiary/aromatic N) is 1. The van der Waals surface area contributed by atoms with Gasteiger partial charge < -0.3 is 10.6 Å². The first-order valence-electron chi connectivity index (χ1n) is 5.16. The molecule has 0 aromatic heterocycles. The summed E-state index contributed by atoms with van der Waals surface area (Å²) in [6.07, 6.45) is 4.62. The Bertz CT molecular complexity index is 157. The first kappa shape index (κ1) is 13.6. The Kier molecular flexibility index (Phi) is 8.94. The van der Waals surface area contributed by atoms with E-state index >= 15 is 0 Å². The van der Waals surface area contributed by atoms with E-state index in [1.807, 2.05) is 11.8 Å². The van der Waals surface area contributed by atoms with Crippen LogP contribution in [0.15, 0.2) is 4.99 Å². The predicted molar refractivity (Wildman–Crippen MR) is 67.2 cm³/mol. The van der Waals surface area contributed by atoms with Crippen molar-refractivity contribution in [2.45, 2.75) is 32.7 Å². The first-order valence-corrected chi connectivity index (χ1v) is 6.56. The molecule has 0 bridgehead atoms. The molecule has 0 aromatic rings. The number of aliphatic imine (C=N–C) groups is 1. The van der Waals surface area contributed by atoms with Crippen molar-refractivity contribution in [2.24, 2.45) is 4.99 Å². The number of nitrogens with one attached hydrogen (secondary N) is 2. The van der Waals surface area contributed by atoms with Crippen molar-refractivity contribution < 1.29 is 0 Å².